The highest BCUT2D eigenvalue weighted by Gasteiger charge is 2.40. The summed E-state index contributed by atoms with van der Waals surface area (Å²) in [6, 6.07) is 85.2. The lowest BCUT2D eigenvalue weighted by Gasteiger charge is -2.42. The zero-order chi connectivity index (χ0) is 44.7. The Hall–Kier alpha value is -7.42. The van der Waals surface area contributed by atoms with Crippen LogP contribution in [0.4, 0.5) is 34.1 Å². The Balaban J connectivity index is 0.994. The second kappa shape index (κ2) is 17.2. The molecule has 2 aliphatic rings. The molecular formula is C64H56N2. The number of hydrogen-bond donors (Lipinski definition) is 0. The van der Waals surface area contributed by atoms with Crippen molar-refractivity contribution in [1.29, 1.82) is 0 Å². The highest BCUT2D eigenvalue weighted by Crippen LogP contribution is 2.54. The van der Waals surface area contributed by atoms with Crippen LogP contribution in [-0.2, 0) is 10.8 Å². The van der Waals surface area contributed by atoms with Crippen LogP contribution < -0.4 is 9.80 Å². The summed E-state index contributed by atoms with van der Waals surface area (Å²) in [4.78, 5) is 4.82. The van der Waals surface area contributed by atoms with Crippen LogP contribution in [0.5, 0.6) is 0 Å². The van der Waals surface area contributed by atoms with Gasteiger partial charge in [-0.3, -0.25) is 0 Å². The number of nitrogens with zero attached hydrogens (tertiary/aromatic N) is 2. The molecule has 0 aromatic heterocycles. The Morgan fingerprint density at radius 3 is 1.39 bits per heavy atom. The van der Waals surface area contributed by atoms with E-state index in [1.807, 2.05) is 0 Å². The molecule has 2 atom stereocenters. The van der Waals surface area contributed by atoms with Crippen molar-refractivity contribution in [3.05, 3.63) is 253 Å². The third kappa shape index (κ3) is 7.41. The van der Waals surface area contributed by atoms with Gasteiger partial charge in [0.05, 0.1) is 0 Å². The molecule has 0 radical (unpaired) electrons. The minimum atomic E-state index is -0.170. The van der Waals surface area contributed by atoms with Crippen LogP contribution in [-0.4, -0.2) is 0 Å². The van der Waals surface area contributed by atoms with E-state index in [1.165, 1.54) is 68.5 Å². The highest BCUT2D eigenvalue weighted by molar-refractivity contribution is 5.94. The van der Waals surface area contributed by atoms with Crippen molar-refractivity contribution in [2.75, 3.05) is 9.80 Å². The summed E-state index contributed by atoms with van der Waals surface area (Å²) < 4.78 is 0. The molecule has 0 heterocycles. The minimum absolute atomic E-state index is 0.0823. The Labute approximate surface area is 391 Å². The summed E-state index contributed by atoms with van der Waals surface area (Å²) in [6.45, 7) is 7.23. The second-order valence-corrected chi connectivity index (χ2v) is 19.1. The van der Waals surface area contributed by atoms with E-state index in [2.05, 4.69) is 261 Å². The van der Waals surface area contributed by atoms with Crippen LogP contribution in [0.25, 0.3) is 33.4 Å². The van der Waals surface area contributed by atoms with E-state index in [4.69, 9.17) is 0 Å². The van der Waals surface area contributed by atoms with Crippen molar-refractivity contribution in [2.24, 2.45) is 5.92 Å². The van der Waals surface area contributed by atoms with Gasteiger partial charge in [0.2, 0.25) is 0 Å². The van der Waals surface area contributed by atoms with Crippen molar-refractivity contribution in [1.82, 2.24) is 0 Å². The molecule has 0 spiro atoms. The standard InChI is InChI=1S/C64H56N2/c1-46-18-17-43-64(45-46,50-31-37-55(38-32-50)65(52-23-12-6-13-24-52)53-25-14-7-15-26-53)51-33-39-56(40-34-51)66(54-35-29-48(30-36-54)47-19-8-4-9-20-47)57-41-42-59-61(44-57)63(2,3)60-28-16-27-58(62(59)60)49-21-10-5-11-22-49/h4-16,19-42,44,46H,17-18,43,45H2,1-3H3. The van der Waals surface area contributed by atoms with Gasteiger partial charge in [-0.05, 0) is 147 Å². The van der Waals surface area contributed by atoms with E-state index in [0.29, 0.717) is 5.92 Å². The summed E-state index contributed by atoms with van der Waals surface area (Å²) in [7, 11) is 0. The van der Waals surface area contributed by atoms with Crippen molar-refractivity contribution >= 4 is 34.1 Å². The second-order valence-electron chi connectivity index (χ2n) is 19.1. The first kappa shape index (κ1) is 41.3. The van der Waals surface area contributed by atoms with E-state index in [9.17, 15) is 0 Å². The zero-order valence-electron chi connectivity index (χ0n) is 38.2. The van der Waals surface area contributed by atoms with Crippen LogP contribution in [0.3, 0.4) is 0 Å². The van der Waals surface area contributed by atoms with Crippen molar-refractivity contribution in [3.8, 4) is 33.4 Å². The molecule has 0 saturated heterocycles. The van der Waals surface area contributed by atoms with Gasteiger partial charge in [0.1, 0.15) is 0 Å². The van der Waals surface area contributed by atoms with Crippen molar-refractivity contribution < 1.29 is 0 Å². The lowest BCUT2D eigenvalue weighted by atomic mass is 9.62. The Morgan fingerprint density at radius 2 is 0.848 bits per heavy atom. The third-order valence-electron chi connectivity index (χ3n) is 14.6. The normalized spacial score (nSPS) is 17.1. The molecule has 9 aromatic rings. The largest absolute Gasteiger partial charge is 0.311 e. The fourth-order valence-corrected chi connectivity index (χ4v) is 11.4. The average Bonchev–Trinajstić information content (AvgIpc) is 3.61. The Morgan fingerprint density at radius 1 is 0.394 bits per heavy atom. The Kier molecular flexibility index (Phi) is 10.7. The van der Waals surface area contributed by atoms with Gasteiger partial charge in [-0.15, -0.1) is 0 Å². The maximum absolute atomic E-state index is 2.46. The maximum Gasteiger partial charge on any atom is 0.0465 e. The molecule has 322 valence electrons. The number of fused-ring (bicyclic) bond motifs is 3. The van der Waals surface area contributed by atoms with Crippen LogP contribution >= 0.6 is 0 Å². The van der Waals surface area contributed by atoms with Crippen molar-refractivity contribution in [3.63, 3.8) is 0 Å². The summed E-state index contributed by atoms with van der Waals surface area (Å²) >= 11 is 0. The van der Waals surface area contributed by atoms with Crippen molar-refractivity contribution in [2.45, 2.75) is 57.3 Å². The van der Waals surface area contributed by atoms with E-state index in [1.54, 1.807) is 0 Å². The molecular weight excluding hydrogens is 797 g/mol. The quantitative estimate of drug-likeness (QED) is 0.135. The molecule has 0 N–H and O–H groups in total. The van der Waals surface area contributed by atoms with Gasteiger partial charge in [-0.25, -0.2) is 0 Å². The number of hydrogen-bond acceptors (Lipinski definition) is 2. The molecule has 0 amide bonds. The fraction of sp³-hybridized carbons (Fsp3) is 0.156. The molecule has 0 bridgehead atoms. The monoisotopic (exact) mass is 852 g/mol. The zero-order valence-corrected chi connectivity index (χ0v) is 38.2. The van der Waals surface area contributed by atoms with Gasteiger partial charge >= 0.3 is 0 Å². The van der Waals surface area contributed by atoms with Crippen LogP contribution in [0.1, 0.15) is 68.7 Å². The molecule has 2 aliphatic carbocycles. The van der Waals surface area contributed by atoms with Gasteiger partial charge in [0, 0.05) is 45.0 Å². The fourth-order valence-electron chi connectivity index (χ4n) is 11.4. The molecule has 2 nitrogen and oxygen atoms in total. The molecule has 0 aliphatic heterocycles. The number of anilines is 6. The van der Waals surface area contributed by atoms with E-state index >= 15 is 0 Å². The van der Waals surface area contributed by atoms with E-state index in [0.717, 1.165) is 47.0 Å². The molecule has 1 saturated carbocycles. The van der Waals surface area contributed by atoms with Crippen LogP contribution in [0, 0.1) is 5.92 Å². The maximum atomic E-state index is 2.46. The molecule has 66 heavy (non-hydrogen) atoms. The molecule has 9 aromatic carbocycles. The Bertz CT molecular complexity index is 3050. The van der Waals surface area contributed by atoms with E-state index in [-0.39, 0.29) is 10.8 Å². The number of rotatable bonds is 10. The summed E-state index contributed by atoms with van der Waals surface area (Å²) in [5, 5.41) is 0. The van der Waals surface area contributed by atoms with Gasteiger partial charge in [-0.2, -0.15) is 0 Å². The SMILES string of the molecule is CC1CCCC(c2ccc(N(c3ccccc3)c3ccccc3)cc2)(c2ccc(N(c3ccc(-c4ccccc4)cc3)c3ccc4c(c3)C(C)(C)c3cccc(-c5ccccc5)c3-4)cc2)C1. The summed E-state index contributed by atoms with van der Waals surface area (Å²) in [6.07, 6.45) is 4.74. The first-order chi connectivity index (χ1) is 32.4. The number of para-hydroxylation sites is 2. The predicted molar refractivity (Wildman–Crippen MR) is 279 cm³/mol. The summed E-state index contributed by atoms with van der Waals surface area (Å²) in [5.74, 6) is 0.629. The summed E-state index contributed by atoms with van der Waals surface area (Å²) in [5.41, 5.74) is 19.9. The minimum Gasteiger partial charge on any atom is -0.311 e. The molecule has 11 rings (SSSR count). The third-order valence-corrected chi connectivity index (χ3v) is 14.6. The molecule has 1 fully saturated rings. The van der Waals surface area contributed by atoms with Gasteiger partial charge in [0.25, 0.3) is 0 Å². The van der Waals surface area contributed by atoms with Crippen LogP contribution in [0.2, 0.25) is 0 Å². The topological polar surface area (TPSA) is 6.48 Å². The lowest BCUT2D eigenvalue weighted by Crippen LogP contribution is -2.33. The van der Waals surface area contributed by atoms with E-state index < -0.39 is 0 Å². The molecule has 2 heteroatoms. The first-order valence-electron chi connectivity index (χ1n) is 23.8. The average molecular weight is 853 g/mol. The highest BCUT2D eigenvalue weighted by atomic mass is 15.1. The smallest absolute Gasteiger partial charge is 0.0465 e. The first-order valence-corrected chi connectivity index (χ1v) is 23.8. The molecule has 2 unspecified atom stereocenters. The van der Waals surface area contributed by atoms with Crippen LogP contribution in [0.15, 0.2) is 231 Å². The van der Waals surface area contributed by atoms with Gasteiger partial charge in [0.15, 0.2) is 0 Å². The lowest BCUT2D eigenvalue weighted by molar-refractivity contribution is 0.272. The number of benzene rings is 9. The van der Waals surface area contributed by atoms with Gasteiger partial charge in [-0.1, -0.05) is 191 Å². The predicted octanol–water partition coefficient (Wildman–Crippen LogP) is 17.8. The van der Waals surface area contributed by atoms with Gasteiger partial charge < -0.3 is 9.80 Å².